The van der Waals surface area contributed by atoms with Crippen molar-refractivity contribution < 1.29 is 9.90 Å². The van der Waals surface area contributed by atoms with Crippen LogP contribution < -0.4 is 0 Å². The highest BCUT2D eigenvalue weighted by molar-refractivity contribution is 6.02. The van der Waals surface area contributed by atoms with E-state index in [2.05, 4.69) is 11.2 Å². The van der Waals surface area contributed by atoms with Crippen molar-refractivity contribution in [2.24, 2.45) is 4.99 Å². The Kier molecular flexibility index (Phi) is 1.12. The van der Waals surface area contributed by atoms with Crippen LogP contribution >= 0.6 is 0 Å². The van der Waals surface area contributed by atoms with E-state index in [1.807, 2.05) is 0 Å². The molecule has 0 unspecified atom stereocenters. The first-order chi connectivity index (χ1) is 3.80. The Morgan fingerprint density at radius 2 is 2.62 bits per heavy atom. The van der Waals surface area contributed by atoms with E-state index in [1.165, 1.54) is 6.21 Å². The van der Waals surface area contributed by atoms with Crippen molar-refractivity contribution in [3.05, 3.63) is 12.0 Å². The van der Waals surface area contributed by atoms with E-state index in [0.29, 0.717) is 0 Å². The van der Waals surface area contributed by atoms with Gasteiger partial charge in [0.15, 0.2) is 5.76 Å². The van der Waals surface area contributed by atoms with Crippen molar-refractivity contribution in [2.45, 2.75) is 6.42 Å². The Labute approximate surface area is 46.4 Å². The summed E-state index contributed by atoms with van der Waals surface area (Å²) in [4.78, 5) is 13.8. The number of aliphatic hydroxyl groups excluding tert-OH is 1. The lowest BCUT2D eigenvalue weighted by Gasteiger charge is -1.95. The van der Waals surface area contributed by atoms with Crippen molar-refractivity contribution in [2.75, 3.05) is 0 Å². The molecule has 0 aromatic carbocycles. The van der Waals surface area contributed by atoms with Gasteiger partial charge in [-0.05, 0) is 0 Å². The van der Waals surface area contributed by atoms with Crippen molar-refractivity contribution in [3.8, 4) is 0 Å². The van der Waals surface area contributed by atoms with Crippen LogP contribution in [0.1, 0.15) is 6.42 Å². The summed E-state index contributed by atoms with van der Waals surface area (Å²) in [6.07, 6.45) is 3.72. The maximum atomic E-state index is 10.4. The summed E-state index contributed by atoms with van der Waals surface area (Å²) in [6, 6.07) is 0. The number of carbonyl (C=O) groups excluding carboxylic acids is 1. The van der Waals surface area contributed by atoms with E-state index in [-0.39, 0.29) is 18.0 Å². The predicted molar refractivity (Wildman–Crippen MR) is 27.5 cm³/mol. The molecule has 1 N–H and O–H groups in total. The number of carbonyl (C=O) groups is 1. The summed E-state index contributed by atoms with van der Waals surface area (Å²) >= 11 is 0. The van der Waals surface area contributed by atoms with Crippen LogP contribution in [0.25, 0.3) is 0 Å². The quantitative estimate of drug-likeness (QED) is 0.485. The maximum absolute atomic E-state index is 10.4. The standard InChI is InChI=1S/C5H4NO2/c7-4-1-2-6-3-5(4)8/h2,8H,1H2. The Morgan fingerprint density at radius 1 is 1.88 bits per heavy atom. The van der Waals surface area contributed by atoms with E-state index in [0.717, 1.165) is 0 Å². The van der Waals surface area contributed by atoms with Crippen LogP contribution in [0.4, 0.5) is 0 Å². The van der Waals surface area contributed by atoms with Gasteiger partial charge in [-0.2, -0.15) is 0 Å². The van der Waals surface area contributed by atoms with Crippen LogP contribution in [0.2, 0.25) is 0 Å². The molecule has 0 saturated carbocycles. The molecule has 3 heteroatoms. The Hall–Kier alpha value is -1.12. The fourth-order valence-corrected chi connectivity index (χ4v) is 0.394. The number of aliphatic hydroxyl groups is 1. The molecule has 0 aromatic rings. The topological polar surface area (TPSA) is 49.7 Å². The third kappa shape index (κ3) is 0.753. The summed E-state index contributed by atoms with van der Waals surface area (Å²) in [7, 11) is 0. The molecule has 3 nitrogen and oxygen atoms in total. The van der Waals surface area contributed by atoms with Crippen LogP contribution in [-0.2, 0) is 4.79 Å². The summed E-state index contributed by atoms with van der Waals surface area (Å²) in [5.74, 6) is -0.687. The third-order valence-corrected chi connectivity index (χ3v) is 0.803. The maximum Gasteiger partial charge on any atom is 0.204 e. The zero-order chi connectivity index (χ0) is 5.98. The molecule has 8 heavy (non-hydrogen) atoms. The van der Waals surface area contributed by atoms with E-state index in [1.54, 1.807) is 0 Å². The molecular weight excluding hydrogens is 106 g/mol. The van der Waals surface area contributed by atoms with Gasteiger partial charge in [0, 0.05) is 12.6 Å². The number of hydrogen-bond acceptors (Lipinski definition) is 3. The first-order valence-electron chi connectivity index (χ1n) is 2.17. The third-order valence-electron chi connectivity index (χ3n) is 0.803. The van der Waals surface area contributed by atoms with Crippen LogP contribution in [0.3, 0.4) is 0 Å². The fraction of sp³-hybridized carbons (Fsp3) is 0.200. The molecule has 1 rings (SSSR count). The summed E-state index contributed by atoms with van der Waals surface area (Å²) in [5, 5.41) is 8.52. The molecule has 0 bridgehead atoms. The highest BCUT2D eigenvalue weighted by atomic mass is 16.3. The molecule has 0 aromatic heterocycles. The van der Waals surface area contributed by atoms with Gasteiger partial charge in [-0.25, -0.2) is 0 Å². The summed E-state index contributed by atoms with van der Waals surface area (Å²) in [5.41, 5.74) is 0. The average molecular weight is 110 g/mol. The molecule has 0 fully saturated rings. The molecule has 41 valence electrons. The lowest BCUT2D eigenvalue weighted by Crippen LogP contribution is -2.05. The van der Waals surface area contributed by atoms with Crippen LogP contribution in [0.15, 0.2) is 10.8 Å². The molecule has 0 aliphatic carbocycles. The number of rotatable bonds is 0. The van der Waals surface area contributed by atoms with Crippen molar-refractivity contribution in [1.82, 2.24) is 0 Å². The van der Waals surface area contributed by atoms with Gasteiger partial charge in [-0.3, -0.25) is 9.79 Å². The Bertz CT molecular complexity index is 169. The molecule has 1 aliphatic heterocycles. The van der Waals surface area contributed by atoms with Gasteiger partial charge in [0.2, 0.25) is 5.78 Å². The van der Waals surface area contributed by atoms with Crippen LogP contribution in [-0.4, -0.2) is 17.1 Å². The number of hydrogen-bond donors (Lipinski definition) is 1. The number of nitrogens with zero attached hydrogens (tertiary/aromatic N) is 1. The second kappa shape index (κ2) is 1.78. The fourth-order valence-electron chi connectivity index (χ4n) is 0.394. The normalized spacial score (nSPS) is 18.5. The molecule has 1 heterocycles. The second-order valence-electron chi connectivity index (χ2n) is 1.40. The first-order valence-corrected chi connectivity index (χ1v) is 2.17. The van der Waals surface area contributed by atoms with Crippen molar-refractivity contribution in [3.63, 3.8) is 0 Å². The van der Waals surface area contributed by atoms with E-state index < -0.39 is 0 Å². The Balaban J connectivity index is 2.80. The SMILES string of the molecule is O=C1CC=N[C]=C1O. The zero-order valence-corrected chi connectivity index (χ0v) is 4.09. The number of ketones is 1. The van der Waals surface area contributed by atoms with Gasteiger partial charge in [-0.1, -0.05) is 0 Å². The van der Waals surface area contributed by atoms with Crippen molar-refractivity contribution in [1.29, 1.82) is 0 Å². The minimum absolute atomic E-state index is 0.193. The Morgan fingerprint density at radius 3 is 3.00 bits per heavy atom. The summed E-state index contributed by atoms with van der Waals surface area (Å²) in [6.45, 7) is 0. The average Bonchev–Trinajstić information content (AvgIpc) is 1.77. The van der Waals surface area contributed by atoms with Gasteiger partial charge in [-0.15, -0.1) is 0 Å². The van der Waals surface area contributed by atoms with Crippen molar-refractivity contribution >= 4 is 12.0 Å². The molecule has 0 atom stereocenters. The predicted octanol–water partition coefficient (Wildman–Crippen LogP) is 0.233. The van der Waals surface area contributed by atoms with Gasteiger partial charge < -0.3 is 5.11 Å². The zero-order valence-electron chi connectivity index (χ0n) is 4.09. The largest absolute Gasteiger partial charge is 0.503 e. The second-order valence-corrected chi connectivity index (χ2v) is 1.40. The highest BCUT2D eigenvalue weighted by Crippen LogP contribution is 1.97. The number of allylic oxidation sites excluding steroid dienone is 1. The molecular formula is C5H4NO2. The molecule has 1 radical (unpaired) electrons. The lowest BCUT2D eigenvalue weighted by molar-refractivity contribution is -0.117. The van der Waals surface area contributed by atoms with E-state index in [4.69, 9.17) is 5.11 Å². The molecule has 0 saturated heterocycles. The highest BCUT2D eigenvalue weighted by Gasteiger charge is 2.07. The molecule has 0 spiro atoms. The monoisotopic (exact) mass is 110 g/mol. The minimum Gasteiger partial charge on any atom is -0.503 e. The van der Waals surface area contributed by atoms with Gasteiger partial charge >= 0.3 is 0 Å². The van der Waals surface area contributed by atoms with Gasteiger partial charge in [0.05, 0.1) is 0 Å². The lowest BCUT2D eigenvalue weighted by atomic mass is 10.2. The molecule has 1 aliphatic rings. The first kappa shape index (κ1) is 5.03. The van der Waals surface area contributed by atoms with E-state index >= 15 is 0 Å². The minimum atomic E-state index is -0.368. The van der Waals surface area contributed by atoms with Gasteiger partial charge in [0.25, 0.3) is 0 Å². The van der Waals surface area contributed by atoms with Crippen LogP contribution in [0.5, 0.6) is 0 Å². The van der Waals surface area contributed by atoms with Gasteiger partial charge in [0.1, 0.15) is 6.20 Å². The smallest absolute Gasteiger partial charge is 0.204 e. The molecule has 0 amide bonds. The van der Waals surface area contributed by atoms with E-state index in [9.17, 15) is 4.79 Å². The number of Topliss-reactive ketones (excluding diaryl/α,β-unsaturated/α-hetero) is 1. The van der Waals surface area contributed by atoms with Crippen LogP contribution in [0, 0.1) is 6.20 Å². The number of aliphatic imine (C=N–C) groups is 1. The summed E-state index contributed by atoms with van der Waals surface area (Å²) < 4.78 is 0.